The molecule has 0 aromatic heterocycles. The zero-order valence-electron chi connectivity index (χ0n) is 19.2. The van der Waals surface area contributed by atoms with Crippen molar-refractivity contribution >= 4 is 36.7 Å². The van der Waals surface area contributed by atoms with Gasteiger partial charge in [0.25, 0.3) is 0 Å². The van der Waals surface area contributed by atoms with Crippen LogP contribution in [0.15, 0.2) is 23.3 Å². The Hall–Kier alpha value is 0.0569. The quantitative estimate of drug-likeness (QED) is 0.170. The lowest BCUT2D eigenvalue weighted by Crippen LogP contribution is -2.50. The van der Waals surface area contributed by atoms with E-state index in [1.54, 1.807) is 5.57 Å². The second-order valence-electron chi connectivity index (χ2n) is 11.9. The van der Waals surface area contributed by atoms with Crippen LogP contribution in [0.5, 0.6) is 0 Å². The van der Waals surface area contributed by atoms with Crippen LogP contribution in [0, 0.1) is 29.1 Å². The molecule has 3 unspecified atom stereocenters. The molecule has 0 saturated heterocycles. The van der Waals surface area contributed by atoms with Crippen molar-refractivity contribution in [2.24, 2.45) is 29.1 Å². The molecular formula is C25H39IO2Si. The monoisotopic (exact) mass is 526 g/mol. The molecule has 4 aliphatic carbocycles. The van der Waals surface area contributed by atoms with E-state index in [9.17, 15) is 4.79 Å². The van der Waals surface area contributed by atoms with E-state index in [2.05, 4.69) is 69.5 Å². The molecule has 0 spiro atoms. The van der Waals surface area contributed by atoms with Crippen molar-refractivity contribution < 1.29 is 9.22 Å². The fraction of sp³-hybridized carbons (Fsp3) is 0.800. The van der Waals surface area contributed by atoms with Crippen LogP contribution in [0.2, 0.25) is 18.1 Å². The Morgan fingerprint density at radius 1 is 1.24 bits per heavy atom. The van der Waals surface area contributed by atoms with Crippen LogP contribution in [0.25, 0.3) is 0 Å². The molecule has 162 valence electrons. The van der Waals surface area contributed by atoms with E-state index in [0.29, 0.717) is 29.6 Å². The molecule has 4 heteroatoms. The van der Waals surface area contributed by atoms with Crippen LogP contribution in [0.1, 0.15) is 66.2 Å². The fourth-order valence-corrected chi connectivity index (χ4v) is 8.83. The molecule has 0 aromatic carbocycles. The molecule has 0 radical (unpaired) electrons. The number of rotatable bonds is 3. The molecule has 4 aliphatic rings. The molecule has 4 rings (SSSR count). The first-order chi connectivity index (χ1) is 13.5. The van der Waals surface area contributed by atoms with Gasteiger partial charge in [0.1, 0.15) is 0 Å². The molecule has 29 heavy (non-hydrogen) atoms. The summed E-state index contributed by atoms with van der Waals surface area (Å²) in [7, 11) is -1.76. The topological polar surface area (TPSA) is 26.3 Å². The van der Waals surface area contributed by atoms with Crippen LogP contribution in [-0.4, -0.2) is 24.6 Å². The van der Waals surface area contributed by atoms with Crippen molar-refractivity contribution in [2.45, 2.75) is 90.5 Å². The molecule has 0 heterocycles. The predicted molar refractivity (Wildman–Crippen MR) is 132 cm³/mol. The summed E-state index contributed by atoms with van der Waals surface area (Å²) in [6.45, 7) is 14.4. The summed E-state index contributed by atoms with van der Waals surface area (Å²) in [5, 5.41) is 0.268. The fourth-order valence-electron chi connectivity index (χ4n) is 6.56. The van der Waals surface area contributed by atoms with Crippen molar-refractivity contribution in [3.8, 4) is 0 Å². The van der Waals surface area contributed by atoms with Gasteiger partial charge < -0.3 is 4.43 Å². The summed E-state index contributed by atoms with van der Waals surface area (Å²) in [5.41, 5.74) is 3.43. The van der Waals surface area contributed by atoms with Crippen molar-refractivity contribution in [2.75, 3.05) is 4.43 Å². The Morgan fingerprint density at radius 3 is 2.62 bits per heavy atom. The van der Waals surface area contributed by atoms with E-state index < -0.39 is 8.32 Å². The number of allylic oxidation sites excluding steroid dienone is 4. The molecule has 0 bridgehead atoms. The van der Waals surface area contributed by atoms with Crippen LogP contribution in [-0.2, 0) is 9.22 Å². The Kier molecular flexibility index (Phi) is 5.82. The van der Waals surface area contributed by atoms with Gasteiger partial charge in [0.2, 0.25) is 0 Å². The van der Waals surface area contributed by atoms with Crippen LogP contribution < -0.4 is 0 Å². The van der Waals surface area contributed by atoms with Crippen molar-refractivity contribution in [3.05, 3.63) is 23.3 Å². The SMILES string of the molecule is CC(C)(C)[Si](C)(C)O[C@H]1CCC2C3CCC4=CC(=O)C[C@@H](CI)C4C3=CC[C@@]21C. The number of carbonyl (C=O) groups is 1. The molecule has 0 amide bonds. The average Bonchev–Trinajstić information content (AvgIpc) is 2.95. The highest BCUT2D eigenvalue weighted by atomic mass is 127. The lowest BCUT2D eigenvalue weighted by atomic mass is 9.55. The number of hydrogen-bond acceptors (Lipinski definition) is 2. The maximum absolute atomic E-state index is 12.2. The predicted octanol–water partition coefficient (Wildman–Crippen LogP) is 7.10. The summed E-state index contributed by atoms with van der Waals surface area (Å²) >= 11 is 2.51. The lowest BCUT2D eigenvalue weighted by Gasteiger charge is -2.52. The Morgan fingerprint density at radius 2 is 1.97 bits per heavy atom. The van der Waals surface area contributed by atoms with Gasteiger partial charge in [0, 0.05) is 16.8 Å². The normalized spacial score (nSPS) is 40.0. The first-order valence-electron chi connectivity index (χ1n) is 11.6. The molecule has 2 saturated carbocycles. The summed E-state index contributed by atoms with van der Waals surface area (Å²) in [6.07, 6.45) is 11.9. The zero-order chi connectivity index (χ0) is 21.2. The third kappa shape index (κ3) is 3.67. The average molecular weight is 527 g/mol. The summed E-state index contributed by atoms with van der Waals surface area (Å²) in [4.78, 5) is 12.2. The highest BCUT2D eigenvalue weighted by molar-refractivity contribution is 14.1. The minimum absolute atomic E-state index is 0.268. The highest BCUT2D eigenvalue weighted by Crippen LogP contribution is 2.61. The number of halogens is 1. The third-order valence-electron chi connectivity index (χ3n) is 9.24. The molecule has 6 atom stereocenters. The molecular weight excluding hydrogens is 487 g/mol. The van der Waals surface area contributed by atoms with E-state index in [-0.39, 0.29) is 10.5 Å². The summed E-state index contributed by atoms with van der Waals surface area (Å²) in [5.74, 6) is 2.89. The number of ketones is 1. The number of fused-ring (bicyclic) bond motifs is 5. The van der Waals surface area contributed by atoms with Crippen LogP contribution >= 0.6 is 22.6 Å². The van der Waals surface area contributed by atoms with Gasteiger partial charge in [-0.1, -0.05) is 67.5 Å². The zero-order valence-corrected chi connectivity index (χ0v) is 22.3. The van der Waals surface area contributed by atoms with Gasteiger partial charge in [0.15, 0.2) is 14.1 Å². The number of carbonyl (C=O) groups excluding carboxylic acids is 1. The minimum atomic E-state index is -1.76. The summed E-state index contributed by atoms with van der Waals surface area (Å²) in [6, 6.07) is 0. The molecule has 2 fully saturated rings. The van der Waals surface area contributed by atoms with E-state index in [4.69, 9.17) is 4.43 Å². The third-order valence-corrected chi connectivity index (χ3v) is 14.9. The maximum atomic E-state index is 12.2. The number of hydrogen-bond donors (Lipinski definition) is 0. The van der Waals surface area contributed by atoms with Crippen LogP contribution in [0.3, 0.4) is 0 Å². The number of alkyl halides is 1. The highest BCUT2D eigenvalue weighted by Gasteiger charge is 2.56. The Balaban J connectivity index is 1.62. The molecule has 0 aliphatic heterocycles. The van der Waals surface area contributed by atoms with Gasteiger partial charge in [-0.2, -0.15) is 0 Å². The van der Waals surface area contributed by atoms with E-state index >= 15 is 0 Å². The molecule has 0 N–H and O–H groups in total. The van der Waals surface area contributed by atoms with E-state index in [1.807, 2.05) is 6.08 Å². The van der Waals surface area contributed by atoms with Gasteiger partial charge in [-0.3, -0.25) is 4.79 Å². The van der Waals surface area contributed by atoms with Crippen molar-refractivity contribution in [1.29, 1.82) is 0 Å². The van der Waals surface area contributed by atoms with Crippen LogP contribution in [0.4, 0.5) is 0 Å². The first-order valence-corrected chi connectivity index (χ1v) is 16.1. The molecule has 0 aromatic rings. The van der Waals surface area contributed by atoms with E-state index in [0.717, 1.165) is 29.6 Å². The Bertz CT molecular complexity index is 746. The van der Waals surface area contributed by atoms with Gasteiger partial charge in [-0.25, -0.2) is 0 Å². The standard InChI is InChI=1S/C25H39IO2Si/c1-24(2,3)29(5,6)28-22-10-9-21-19-8-7-16-13-18(27)14-17(15-26)23(16)20(19)11-12-25(21,22)4/h11,13,17,19,21-23H,7-10,12,14-15H2,1-6H3/t17-,19?,21?,22-,23?,25-/m0/s1. The second kappa shape index (κ2) is 7.58. The maximum Gasteiger partial charge on any atom is 0.192 e. The Labute approximate surface area is 192 Å². The smallest absolute Gasteiger partial charge is 0.192 e. The van der Waals surface area contributed by atoms with Crippen molar-refractivity contribution in [1.82, 2.24) is 0 Å². The van der Waals surface area contributed by atoms with Gasteiger partial charge in [-0.15, -0.1) is 0 Å². The first kappa shape index (κ1) is 22.3. The summed E-state index contributed by atoms with van der Waals surface area (Å²) < 4.78 is 8.12. The van der Waals surface area contributed by atoms with Gasteiger partial charge in [0.05, 0.1) is 6.10 Å². The van der Waals surface area contributed by atoms with Gasteiger partial charge in [-0.05, 0) is 79.5 Å². The minimum Gasteiger partial charge on any atom is -0.413 e. The van der Waals surface area contributed by atoms with Gasteiger partial charge >= 0.3 is 0 Å². The largest absolute Gasteiger partial charge is 0.413 e. The second-order valence-corrected chi connectivity index (χ2v) is 17.5. The van der Waals surface area contributed by atoms with Crippen molar-refractivity contribution in [3.63, 3.8) is 0 Å². The molecule has 2 nitrogen and oxygen atoms in total. The lowest BCUT2D eigenvalue weighted by molar-refractivity contribution is -0.116. The van der Waals surface area contributed by atoms with E-state index in [1.165, 1.54) is 24.8 Å².